The van der Waals surface area contributed by atoms with Crippen LogP contribution in [-0.2, 0) is 0 Å². The van der Waals surface area contributed by atoms with E-state index in [1.165, 1.54) is 11.8 Å². The highest BCUT2D eigenvalue weighted by atomic mass is 32.2. The summed E-state index contributed by atoms with van der Waals surface area (Å²) in [6, 6.07) is 11.2. The van der Waals surface area contributed by atoms with E-state index in [-0.39, 0.29) is 5.04 Å². The van der Waals surface area contributed by atoms with Gasteiger partial charge in [0.05, 0.1) is 0 Å². The maximum absolute atomic E-state index is 8.30. The van der Waals surface area contributed by atoms with Gasteiger partial charge >= 0.3 is 0 Å². The van der Waals surface area contributed by atoms with E-state index in [0.29, 0.717) is 0 Å². The molecule has 0 heterocycles. The quantitative estimate of drug-likeness (QED) is 0.391. The number of hydrogen-bond acceptors (Lipinski definition) is 3. The third-order valence-corrected chi connectivity index (χ3v) is 1.87. The highest BCUT2D eigenvalue weighted by molar-refractivity contribution is 8.14. The van der Waals surface area contributed by atoms with Crippen LogP contribution in [0.1, 0.15) is 0 Å². The minimum Gasteiger partial charge on any atom is -0.284 e. The molecule has 0 atom stereocenters. The number of hydrogen-bond donors (Lipinski definition) is 1. The van der Waals surface area contributed by atoms with Crippen molar-refractivity contribution in [2.45, 2.75) is 4.90 Å². The molecular formula is C8H6N2S. The topological polar surface area (TPSA) is 47.6 Å². The number of rotatable bonds is 1. The van der Waals surface area contributed by atoms with Gasteiger partial charge in [-0.2, -0.15) is 5.26 Å². The summed E-state index contributed by atoms with van der Waals surface area (Å²) in [6.07, 6.45) is 0. The maximum atomic E-state index is 8.30. The molecule has 0 aliphatic heterocycles. The molecule has 0 bridgehead atoms. The van der Waals surface area contributed by atoms with Crippen molar-refractivity contribution in [3.05, 3.63) is 30.3 Å². The molecule has 3 heteroatoms. The lowest BCUT2D eigenvalue weighted by molar-refractivity contribution is 1.47. The molecule has 11 heavy (non-hydrogen) atoms. The van der Waals surface area contributed by atoms with Gasteiger partial charge in [-0.3, -0.25) is 5.41 Å². The maximum Gasteiger partial charge on any atom is 0.171 e. The largest absolute Gasteiger partial charge is 0.284 e. The summed E-state index contributed by atoms with van der Waals surface area (Å²) >= 11 is 1.17. The third kappa shape index (κ3) is 2.44. The minimum atomic E-state index is 0.0243. The molecule has 0 fully saturated rings. The Hall–Kier alpha value is -1.27. The molecule has 0 unspecified atom stereocenters. The molecule has 1 N–H and O–H groups in total. The normalized spacial score (nSPS) is 8.64. The zero-order chi connectivity index (χ0) is 8.10. The lowest BCUT2D eigenvalue weighted by atomic mass is 10.4. The SMILES string of the molecule is N#CC(=N)Sc1ccccc1. The van der Waals surface area contributed by atoms with E-state index in [2.05, 4.69) is 0 Å². The summed E-state index contributed by atoms with van der Waals surface area (Å²) in [6.45, 7) is 0. The average molecular weight is 162 g/mol. The predicted octanol–water partition coefficient (Wildman–Crippen LogP) is 2.28. The predicted molar refractivity (Wildman–Crippen MR) is 45.6 cm³/mol. The first-order chi connectivity index (χ1) is 5.33. The molecule has 0 aliphatic rings. The second-order valence-electron chi connectivity index (χ2n) is 1.86. The monoisotopic (exact) mass is 162 g/mol. The fourth-order valence-corrected chi connectivity index (χ4v) is 1.20. The molecule has 2 nitrogen and oxygen atoms in total. The summed E-state index contributed by atoms with van der Waals surface area (Å²) in [5, 5.41) is 15.4. The van der Waals surface area contributed by atoms with Crippen molar-refractivity contribution in [3.63, 3.8) is 0 Å². The van der Waals surface area contributed by atoms with Gasteiger partial charge in [0.25, 0.3) is 0 Å². The Labute approximate surface area is 69.4 Å². The number of thioether (sulfide) groups is 1. The molecule has 0 aliphatic carbocycles. The van der Waals surface area contributed by atoms with Gasteiger partial charge in [-0.05, 0) is 12.1 Å². The van der Waals surface area contributed by atoms with Gasteiger partial charge in [-0.15, -0.1) is 0 Å². The fraction of sp³-hybridized carbons (Fsp3) is 0. The van der Waals surface area contributed by atoms with Gasteiger partial charge in [-0.25, -0.2) is 0 Å². The van der Waals surface area contributed by atoms with Gasteiger partial charge in [0.15, 0.2) is 5.04 Å². The van der Waals surface area contributed by atoms with Gasteiger partial charge < -0.3 is 0 Å². The van der Waals surface area contributed by atoms with E-state index < -0.39 is 0 Å². The lowest BCUT2D eigenvalue weighted by Gasteiger charge is -1.93. The number of nitrogens with one attached hydrogen (secondary N) is 1. The van der Waals surface area contributed by atoms with Crippen LogP contribution in [0.3, 0.4) is 0 Å². The number of nitriles is 1. The molecule has 0 saturated carbocycles. The number of nitrogens with zero attached hydrogens (tertiary/aromatic N) is 1. The van der Waals surface area contributed by atoms with Crippen LogP contribution in [0.4, 0.5) is 0 Å². The van der Waals surface area contributed by atoms with Crippen molar-refractivity contribution in [1.29, 1.82) is 10.7 Å². The Morgan fingerprint density at radius 3 is 2.55 bits per heavy atom. The van der Waals surface area contributed by atoms with Crippen molar-refractivity contribution in [2.24, 2.45) is 0 Å². The van der Waals surface area contributed by atoms with Crippen molar-refractivity contribution in [1.82, 2.24) is 0 Å². The Kier molecular flexibility index (Phi) is 2.70. The Balaban J connectivity index is 2.67. The van der Waals surface area contributed by atoms with Crippen LogP contribution >= 0.6 is 11.8 Å². The van der Waals surface area contributed by atoms with E-state index >= 15 is 0 Å². The van der Waals surface area contributed by atoms with Crippen molar-refractivity contribution >= 4 is 16.8 Å². The van der Waals surface area contributed by atoms with Crippen molar-refractivity contribution < 1.29 is 0 Å². The molecule has 0 aromatic heterocycles. The zero-order valence-electron chi connectivity index (χ0n) is 5.74. The van der Waals surface area contributed by atoms with Gasteiger partial charge in [0.1, 0.15) is 6.07 Å². The molecule has 0 amide bonds. The van der Waals surface area contributed by atoms with E-state index in [0.717, 1.165) is 4.90 Å². The van der Waals surface area contributed by atoms with E-state index in [9.17, 15) is 0 Å². The molecule has 1 rings (SSSR count). The van der Waals surface area contributed by atoms with Crippen LogP contribution in [0.25, 0.3) is 0 Å². The highest BCUT2D eigenvalue weighted by Gasteiger charge is 1.95. The Bertz CT molecular complexity index is 287. The third-order valence-electron chi connectivity index (χ3n) is 1.06. The summed E-state index contributed by atoms with van der Waals surface area (Å²) < 4.78 is 0. The Morgan fingerprint density at radius 1 is 1.36 bits per heavy atom. The van der Waals surface area contributed by atoms with Gasteiger partial charge in [0.2, 0.25) is 0 Å². The zero-order valence-corrected chi connectivity index (χ0v) is 6.56. The Morgan fingerprint density at radius 2 is 2.00 bits per heavy atom. The summed E-state index contributed by atoms with van der Waals surface area (Å²) in [5.41, 5.74) is 0. The van der Waals surface area contributed by atoms with Crippen LogP contribution in [-0.4, -0.2) is 5.04 Å². The molecule has 0 spiro atoms. The average Bonchev–Trinajstić information content (AvgIpc) is 2.06. The molecular weight excluding hydrogens is 156 g/mol. The molecule has 0 radical (unpaired) electrons. The fourth-order valence-electron chi connectivity index (χ4n) is 0.629. The van der Waals surface area contributed by atoms with Gasteiger partial charge in [0, 0.05) is 4.90 Å². The smallest absolute Gasteiger partial charge is 0.171 e. The minimum absolute atomic E-state index is 0.0243. The molecule has 1 aromatic carbocycles. The van der Waals surface area contributed by atoms with Crippen molar-refractivity contribution in [3.8, 4) is 6.07 Å². The summed E-state index contributed by atoms with van der Waals surface area (Å²) in [5.74, 6) is 0. The summed E-state index contributed by atoms with van der Waals surface area (Å²) in [4.78, 5) is 0.930. The van der Waals surface area contributed by atoms with E-state index in [4.69, 9.17) is 10.7 Å². The lowest BCUT2D eigenvalue weighted by Crippen LogP contribution is -1.81. The van der Waals surface area contributed by atoms with E-state index in [1.807, 2.05) is 30.3 Å². The van der Waals surface area contributed by atoms with Crippen molar-refractivity contribution in [2.75, 3.05) is 0 Å². The van der Waals surface area contributed by atoms with Gasteiger partial charge in [-0.1, -0.05) is 30.0 Å². The molecule has 0 saturated heterocycles. The summed E-state index contributed by atoms with van der Waals surface area (Å²) in [7, 11) is 0. The second kappa shape index (κ2) is 3.79. The highest BCUT2D eigenvalue weighted by Crippen LogP contribution is 2.16. The first-order valence-electron chi connectivity index (χ1n) is 3.04. The number of benzene rings is 1. The molecule has 54 valence electrons. The second-order valence-corrected chi connectivity index (χ2v) is 2.94. The molecule has 1 aromatic rings. The first-order valence-corrected chi connectivity index (χ1v) is 3.86. The van der Waals surface area contributed by atoms with E-state index in [1.54, 1.807) is 6.07 Å². The first kappa shape index (κ1) is 7.83. The van der Waals surface area contributed by atoms with Crippen LogP contribution in [0.15, 0.2) is 35.2 Å². The van der Waals surface area contributed by atoms with Crippen LogP contribution < -0.4 is 0 Å². The van der Waals surface area contributed by atoms with Crippen LogP contribution in [0.5, 0.6) is 0 Å². The standard InChI is InChI=1S/C8H6N2S/c9-6-8(10)11-7-4-2-1-3-5-7/h1-5,10H. The van der Waals surface area contributed by atoms with Crippen LogP contribution in [0, 0.1) is 16.7 Å². The van der Waals surface area contributed by atoms with Crippen LogP contribution in [0.2, 0.25) is 0 Å².